The molecule has 0 aromatic heterocycles. The summed E-state index contributed by atoms with van der Waals surface area (Å²) in [6.07, 6.45) is 0. The van der Waals surface area contributed by atoms with E-state index in [2.05, 4.69) is 6.07 Å². The topological polar surface area (TPSA) is 0 Å². The molecule has 0 saturated heterocycles. The molecular formula is C6H4FTi. The number of benzene rings is 1. The van der Waals surface area contributed by atoms with Crippen molar-refractivity contribution in [2.45, 2.75) is 0 Å². The SMILES string of the molecule is Fc1[c]cccc1.[Ti]. The van der Waals surface area contributed by atoms with Crippen LogP contribution in [0.2, 0.25) is 0 Å². The van der Waals surface area contributed by atoms with Crippen LogP contribution in [0, 0.1) is 11.9 Å². The zero-order valence-electron chi connectivity index (χ0n) is 4.19. The zero-order valence-corrected chi connectivity index (χ0v) is 5.75. The maximum absolute atomic E-state index is 11.9. The van der Waals surface area contributed by atoms with Crippen molar-refractivity contribution in [2.24, 2.45) is 0 Å². The monoisotopic (exact) mass is 143 g/mol. The summed E-state index contributed by atoms with van der Waals surface area (Å²) in [5.41, 5.74) is 0. The van der Waals surface area contributed by atoms with Gasteiger partial charge in [-0.15, -0.1) is 0 Å². The summed E-state index contributed by atoms with van der Waals surface area (Å²) >= 11 is 0. The molecule has 0 nitrogen and oxygen atoms in total. The predicted molar refractivity (Wildman–Crippen MR) is 25.2 cm³/mol. The van der Waals surface area contributed by atoms with E-state index in [4.69, 9.17) is 0 Å². The zero-order chi connectivity index (χ0) is 5.11. The quantitative estimate of drug-likeness (QED) is 0.484. The second kappa shape index (κ2) is 3.82. The Morgan fingerprint density at radius 1 is 1.38 bits per heavy atom. The summed E-state index contributed by atoms with van der Waals surface area (Å²) < 4.78 is 11.9. The third kappa shape index (κ3) is 2.24. The van der Waals surface area contributed by atoms with Gasteiger partial charge in [-0.3, -0.25) is 0 Å². The first-order valence-corrected chi connectivity index (χ1v) is 2.02. The maximum atomic E-state index is 11.9. The van der Waals surface area contributed by atoms with E-state index < -0.39 is 0 Å². The second-order valence-corrected chi connectivity index (χ2v) is 1.21. The fourth-order valence-corrected chi connectivity index (χ4v) is 0.371. The van der Waals surface area contributed by atoms with Crippen LogP contribution in [0.5, 0.6) is 0 Å². The third-order valence-electron chi connectivity index (χ3n) is 0.671. The van der Waals surface area contributed by atoms with Crippen LogP contribution in [0.1, 0.15) is 0 Å². The largest absolute Gasteiger partial charge is 0.206 e. The second-order valence-electron chi connectivity index (χ2n) is 1.21. The van der Waals surface area contributed by atoms with E-state index in [1.807, 2.05) is 0 Å². The molecule has 0 aliphatic rings. The summed E-state index contributed by atoms with van der Waals surface area (Å²) in [5.74, 6) is -0.303. The van der Waals surface area contributed by atoms with E-state index in [1.165, 1.54) is 12.1 Å². The van der Waals surface area contributed by atoms with Gasteiger partial charge in [0.25, 0.3) is 0 Å². The van der Waals surface area contributed by atoms with Crippen molar-refractivity contribution in [1.82, 2.24) is 0 Å². The number of halogens is 1. The molecule has 39 valence electrons. The molecule has 0 aliphatic heterocycles. The van der Waals surface area contributed by atoms with Crippen LogP contribution in [0.4, 0.5) is 4.39 Å². The molecule has 0 heterocycles. The minimum atomic E-state index is -0.303. The molecule has 0 N–H and O–H groups in total. The van der Waals surface area contributed by atoms with Crippen molar-refractivity contribution in [3.05, 3.63) is 36.1 Å². The van der Waals surface area contributed by atoms with Gasteiger partial charge in [0.15, 0.2) is 0 Å². The average Bonchev–Trinajstić information content (AvgIpc) is 1.69. The molecule has 0 atom stereocenters. The molecule has 0 fully saturated rings. The summed E-state index contributed by atoms with van der Waals surface area (Å²) in [7, 11) is 0. The Morgan fingerprint density at radius 2 is 2.12 bits per heavy atom. The van der Waals surface area contributed by atoms with Gasteiger partial charge in [0.2, 0.25) is 0 Å². The van der Waals surface area contributed by atoms with Crippen molar-refractivity contribution >= 4 is 0 Å². The van der Waals surface area contributed by atoms with Gasteiger partial charge in [0, 0.05) is 27.8 Å². The van der Waals surface area contributed by atoms with Crippen LogP contribution in [0.25, 0.3) is 0 Å². The van der Waals surface area contributed by atoms with Gasteiger partial charge in [-0.25, -0.2) is 4.39 Å². The first-order valence-electron chi connectivity index (χ1n) is 2.02. The fourth-order valence-electron chi connectivity index (χ4n) is 0.371. The van der Waals surface area contributed by atoms with Gasteiger partial charge in [-0.2, -0.15) is 0 Å². The minimum absolute atomic E-state index is 0. The molecule has 0 saturated carbocycles. The van der Waals surface area contributed by atoms with Crippen LogP contribution < -0.4 is 0 Å². The molecule has 2 heteroatoms. The van der Waals surface area contributed by atoms with E-state index in [9.17, 15) is 4.39 Å². The van der Waals surface area contributed by atoms with Crippen LogP contribution in [-0.2, 0) is 21.7 Å². The molecule has 1 rings (SSSR count). The number of hydrogen-bond donors (Lipinski definition) is 0. The molecule has 1 aromatic carbocycles. The van der Waals surface area contributed by atoms with E-state index in [0.717, 1.165) is 0 Å². The van der Waals surface area contributed by atoms with Gasteiger partial charge in [-0.05, 0) is 6.07 Å². The van der Waals surface area contributed by atoms with E-state index in [1.54, 1.807) is 12.1 Å². The Bertz CT molecular complexity index is 138. The van der Waals surface area contributed by atoms with Gasteiger partial charge in [0.05, 0.1) is 0 Å². The molecule has 8 heavy (non-hydrogen) atoms. The van der Waals surface area contributed by atoms with Crippen molar-refractivity contribution in [1.29, 1.82) is 0 Å². The standard InChI is InChI=1S/C6H4F.Ti/c7-6-4-2-1-3-5-6;/h1-4H;. The molecule has 0 unspecified atom stereocenters. The molecule has 1 aromatic rings. The Morgan fingerprint density at radius 3 is 2.38 bits per heavy atom. The molecule has 1 radical (unpaired) electrons. The maximum Gasteiger partial charge on any atom is 0.131 e. The van der Waals surface area contributed by atoms with Crippen LogP contribution in [0.3, 0.4) is 0 Å². The Hall–Kier alpha value is -0.136. The predicted octanol–water partition coefficient (Wildman–Crippen LogP) is 1.62. The van der Waals surface area contributed by atoms with Crippen LogP contribution >= 0.6 is 0 Å². The smallest absolute Gasteiger partial charge is 0.131 e. The molecular weight excluding hydrogens is 139 g/mol. The normalized spacial score (nSPS) is 7.62. The third-order valence-corrected chi connectivity index (χ3v) is 0.671. The summed E-state index contributed by atoms with van der Waals surface area (Å²) in [6, 6.07) is 8.62. The van der Waals surface area contributed by atoms with Gasteiger partial charge in [-0.1, -0.05) is 18.2 Å². The van der Waals surface area contributed by atoms with E-state index in [0.29, 0.717) is 0 Å². The van der Waals surface area contributed by atoms with Gasteiger partial charge >= 0.3 is 0 Å². The van der Waals surface area contributed by atoms with Crippen LogP contribution in [-0.4, -0.2) is 0 Å². The van der Waals surface area contributed by atoms with Crippen LogP contribution in [0.15, 0.2) is 24.3 Å². The fraction of sp³-hybridized carbons (Fsp3) is 0. The summed E-state index contributed by atoms with van der Waals surface area (Å²) in [4.78, 5) is 0. The molecule has 0 spiro atoms. The molecule has 0 aliphatic carbocycles. The first kappa shape index (κ1) is 7.86. The molecule has 0 amide bonds. The number of rotatable bonds is 0. The average molecular weight is 143 g/mol. The van der Waals surface area contributed by atoms with Crippen molar-refractivity contribution < 1.29 is 26.1 Å². The Kier molecular flexibility index (Phi) is 3.75. The van der Waals surface area contributed by atoms with E-state index in [-0.39, 0.29) is 27.5 Å². The van der Waals surface area contributed by atoms with Crippen molar-refractivity contribution in [3.8, 4) is 0 Å². The van der Waals surface area contributed by atoms with Gasteiger partial charge in [0.1, 0.15) is 5.82 Å². The van der Waals surface area contributed by atoms with Crippen molar-refractivity contribution in [2.75, 3.05) is 0 Å². The number of hydrogen-bond acceptors (Lipinski definition) is 0. The Labute approximate surface area is 62.6 Å². The van der Waals surface area contributed by atoms with E-state index >= 15 is 0 Å². The minimum Gasteiger partial charge on any atom is -0.206 e. The first-order chi connectivity index (χ1) is 3.39. The molecule has 0 bridgehead atoms. The summed E-state index contributed by atoms with van der Waals surface area (Å²) in [6.45, 7) is 0. The Balaban J connectivity index is 0.000000490. The van der Waals surface area contributed by atoms with Crippen molar-refractivity contribution in [3.63, 3.8) is 0 Å². The van der Waals surface area contributed by atoms with Gasteiger partial charge < -0.3 is 0 Å². The summed E-state index contributed by atoms with van der Waals surface area (Å²) in [5, 5.41) is 0.